The molecule has 7 atom stereocenters. The van der Waals surface area contributed by atoms with E-state index in [9.17, 15) is 30.6 Å². The maximum atomic E-state index is 16.1. The summed E-state index contributed by atoms with van der Waals surface area (Å²) in [4.78, 5) is 24.2. The van der Waals surface area contributed by atoms with Gasteiger partial charge in [0.2, 0.25) is 5.75 Å². The Hall–Kier alpha value is -6.28. The minimum absolute atomic E-state index is 0.00527. The van der Waals surface area contributed by atoms with Gasteiger partial charge in [-0.1, -0.05) is 32.0 Å². The molecule has 1 aliphatic carbocycles. The van der Waals surface area contributed by atoms with Gasteiger partial charge in [0, 0.05) is 48.1 Å². The normalized spacial score (nSPS) is 22.6. The molecule has 13 heteroatoms. The summed E-state index contributed by atoms with van der Waals surface area (Å²) in [5.74, 6) is -2.22. The molecule has 2 aliphatic rings. The number of nitrogens with zero attached hydrogens (tertiary/aromatic N) is 1. The highest BCUT2D eigenvalue weighted by molar-refractivity contribution is 5.93. The van der Waals surface area contributed by atoms with Crippen LogP contribution >= 0.6 is 0 Å². The van der Waals surface area contributed by atoms with E-state index < -0.39 is 35.4 Å². The standard InChI is InChI=1S/C53H62N4O9/c1-30(2)29-66-48-25-34(24-46(63)52(48)64)33-21-35(28-54-3)50-39-11-10-38(58)22-32(39)9-12-41(50)57-49-26-36(16-19-56-49)53(17-15-42(59)40(53)27-37-6-5-18-55-37)51(45(62)23-33)44(61)14-8-31-7-13-43(60)47(20-31)65-4/h5-7,9-13,16,18-20,22,24-26,30,33,35,40,42,44,51,54-55,58-61,63-64H,8,14-15,17,21,23,27-29H2,1-4H3,(H,56,57). The first-order valence-electron chi connectivity index (χ1n) is 23.0. The number of aliphatic hydroxyl groups excluding tert-OH is 2. The first-order valence-corrected chi connectivity index (χ1v) is 23.0. The maximum absolute atomic E-state index is 16.1. The van der Waals surface area contributed by atoms with Crippen molar-refractivity contribution in [2.24, 2.45) is 17.8 Å². The molecule has 0 radical (unpaired) electrons. The number of benzene rings is 4. The van der Waals surface area contributed by atoms with Crippen LogP contribution in [0.1, 0.15) is 85.7 Å². The Balaban J connectivity index is 1.35. The first-order chi connectivity index (χ1) is 31.8. The van der Waals surface area contributed by atoms with Gasteiger partial charge in [-0.3, -0.25) is 4.79 Å². The molecule has 3 heterocycles. The van der Waals surface area contributed by atoms with Crippen LogP contribution in [0.3, 0.4) is 0 Å². The number of rotatable bonds is 13. The number of aromatic nitrogens is 2. The monoisotopic (exact) mass is 898 g/mol. The summed E-state index contributed by atoms with van der Waals surface area (Å²) >= 11 is 0. The molecule has 1 saturated carbocycles. The summed E-state index contributed by atoms with van der Waals surface area (Å²) < 4.78 is 11.5. The Kier molecular flexibility index (Phi) is 13.8. The van der Waals surface area contributed by atoms with Crippen molar-refractivity contribution in [1.29, 1.82) is 0 Å². The molecule has 6 aromatic rings. The van der Waals surface area contributed by atoms with Gasteiger partial charge in [0.1, 0.15) is 17.4 Å². The molecule has 7 unspecified atom stereocenters. The number of fused-ring (bicyclic) bond motifs is 6. The molecule has 2 aromatic heterocycles. The number of nitrogens with one attached hydrogen (secondary N) is 3. The smallest absolute Gasteiger partial charge is 0.200 e. The third-order valence-corrected chi connectivity index (χ3v) is 13.9. The molecule has 4 aromatic carbocycles. The maximum Gasteiger partial charge on any atom is 0.200 e. The lowest BCUT2D eigenvalue weighted by Crippen LogP contribution is -2.51. The van der Waals surface area contributed by atoms with Crippen molar-refractivity contribution >= 4 is 28.1 Å². The van der Waals surface area contributed by atoms with Gasteiger partial charge >= 0.3 is 0 Å². The Morgan fingerprint density at radius 1 is 0.955 bits per heavy atom. The van der Waals surface area contributed by atoms with Crippen LogP contribution in [0.5, 0.6) is 34.5 Å². The van der Waals surface area contributed by atoms with E-state index >= 15 is 4.79 Å². The fraction of sp³-hybridized carbons (Fsp3) is 0.396. The average molecular weight is 899 g/mol. The molecule has 66 heavy (non-hydrogen) atoms. The van der Waals surface area contributed by atoms with Crippen LogP contribution in [-0.2, 0) is 23.1 Å². The molecule has 2 bridgehead atoms. The van der Waals surface area contributed by atoms with Crippen LogP contribution in [0.4, 0.5) is 11.5 Å². The van der Waals surface area contributed by atoms with Gasteiger partial charge in [0.15, 0.2) is 23.0 Å². The Morgan fingerprint density at radius 3 is 2.55 bits per heavy atom. The fourth-order valence-electron chi connectivity index (χ4n) is 10.9. The second-order valence-corrected chi connectivity index (χ2v) is 18.7. The molecule has 13 nitrogen and oxygen atoms in total. The molecule has 0 saturated heterocycles. The lowest BCUT2D eigenvalue weighted by molar-refractivity contribution is -0.132. The number of aryl methyl sites for hydroxylation is 1. The fourth-order valence-corrected chi connectivity index (χ4v) is 10.9. The zero-order valence-corrected chi connectivity index (χ0v) is 38.0. The SMILES string of the molecule is CNCC1CC(c2cc(O)c(O)c(OCC(C)C)c2)CC(=O)C(C(O)CCc2ccc(O)c(OC)c2)C2(CCC(O)C2Cc2ccc[nH]2)c2ccnc(c2)Nc2ccc3cc(O)ccc3c21. The van der Waals surface area contributed by atoms with E-state index in [2.05, 4.69) is 15.6 Å². The van der Waals surface area contributed by atoms with E-state index in [1.54, 1.807) is 42.6 Å². The van der Waals surface area contributed by atoms with Gasteiger partial charge in [-0.15, -0.1) is 0 Å². The van der Waals surface area contributed by atoms with Crippen molar-refractivity contribution in [3.8, 4) is 34.5 Å². The van der Waals surface area contributed by atoms with Crippen molar-refractivity contribution in [3.05, 3.63) is 125 Å². The van der Waals surface area contributed by atoms with Gasteiger partial charge in [0.05, 0.1) is 31.8 Å². The van der Waals surface area contributed by atoms with Gasteiger partial charge in [-0.05, 0) is 163 Å². The van der Waals surface area contributed by atoms with Crippen LogP contribution in [-0.4, -0.2) is 85.9 Å². The van der Waals surface area contributed by atoms with Crippen molar-refractivity contribution in [1.82, 2.24) is 15.3 Å². The lowest BCUT2D eigenvalue weighted by atomic mass is 9.58. The molecular weight excluding hydrogens is 837 g/mol. The molecule has 1 spiro atoms. The number of ketones is 1. The van der Waals surface area contributed by atoms with Gasteiger partial charge in [-0.25, -0.2) is 4.98 Å². The summed E-state index contributed by atoms with van der Waals surface area (Å²) in [6.45, 7) is 4.73. The Morgan fingerprint density at radius 2 is 1.79 bits per heavy atom. The first kappa shape index (κ1) is 46.3. The van der Waals surface area contributed by atoms with Crippen molar-refractivity contribution in [2.45, 2.75) is 88.3 Å². The number of Topliss-reactive ketones (excluding diaryl/α,β-unsaturated/α-hetero) is 1. The van der Waals surface area contributed by atoms with E-state index in [-0.39, 0.29) is 65.8 Å². The Labute approximate surface area is 385 Å². The van der Waals surface area contributed by atoms with E-state index in [1.807, 2.05) is 69.6 Å². The average Bonchev–Trinajstić information content (AvgIpc) is 3.94. The second kappa shape index (κ2) is 19.7. The predicted octanol–water partition coefficient (Wildman–Crippen LogP) is 8.48. The number of aliphatic hydroxyl groups is 2. The minimum Gasteiger partial charge on any atom is -0.508 e. The zero-order chi connectivity index (χ0) is 46.7. The number of hydrogen-bond acceptors (Lipinski definition) is 12. The van der Waals surface area contributed by atoms with Crippen LogP contribution in [0.15, 0.2) is 97.3 Å². The van der Waals surface area contributed by atoms with E-state index in [4.69, 9.17) is 14.5 Å². The Bertz CT molecular complexity index is 2650. The highest BCUT2D eigenvalue weighted by Crippen LogP contribution is 2.56. The molecular formula is C53H62N4O9. The number of phenolic OH excluding ortho intramolecular Hbond substituents is 4. The highest BCUT2D eigenvalue weighted by atomic mass is 16.5. The number of aromatic amines is 1. The van der Waals surface area contributed by atoms with Crippen LogP contribution < -0.4 is 20.1 Å². The van der Waals surface area contributed by atoms with Crippen molar-refractivity contribution in [3.63, 3.8) is 0 Å². The van der Waals surface area contributed by atoms with Crippen LogP contribution in [0, 0.1) is 17.8 Å². The van der Waals surface area contributed by atoms with E-state index in [0.717, 1.165) is 38.8 Å². The number of carbonyl (C=O) groups excluding carboxylic acids is 1. The van der Waals surface area contributed by atoms with Crippen LogP contribution in [0.25, 0.3) is 10.8 Å². The molecule has 348 valence electrons. The van der Waals surface area contributed by atoms with Crippen LogP contribution in [0.2, 0.25) is 0 Å². The minimum atomic E-state index is -1.20. The number of hydrogen-bond donors (Lipinski definition) is 9. The third kappa shape index (κ3) is 9.38. The number of phenols is 4. The molecule has 9 N–H and O–H groups in total. The summed E-state index contributed by atoms with van der Waals surface area (Å²) in [5.41, 5.74) is 3.65. The summed E-state index contributed by atoms with van der Waals surface area (Å²) in [5, 5.41) is 77.2. The zero-order valence-electron chi connectivity index (χ0n) is 38.0. The number of methoxy groups -OCH3 is 1. The summed E-state index contributed by atoms with van der Waals surface area (Å²) in [6, 6.07) is 25.2. The number of anilines is 2. The van der Waals surface area contributed by atoms with Gasteiger partial charge in [0.25, 0.3) is 0 Å². The van der Waals surface area contributed by atoms with Gasteiger partial charge < -0.3 is 55.7 Å². The highest BCUT2D eigenvalue weighted by Gasteiger charge is 2.57. The topological polar surface area (TPSA) is 210 Å². The largest absolute Gasteiger partial charge is 0.508 e. The summed E-state index contributed by atoms with van der Waals surface area (Å²) in [6.07, 6.45) is 3.58. The predicted molar refractivity (Wildman–Crippen MR) is 254 cm³/mol. The molecule has 1 fully saturated rings. The van der Waals surface area contributed by atoms with E-state index in [1.165, 1.54) is 13.2 Å². The molecule has 1 aliphatic heterocycles. The number of ether oxygens (including phenoxy) is 2. The van der Waals surface area contributed by atoms with E-state index in [0.29, 0.717) is 55.8 Å². The number of likely N-dealkylation sites (N-methyl/N-ethyl adjacent to an activating group) is 1. The third-order valence-electron chi connectivity index (χ3n) is 13.9. The number of carbonyl (C=O) groups is 1. The lowest BCUT2D eigenvalue weighted by Gasteiger charge is -2.45. The number of H-pyrrole nitrogens is 1. The quantitative estimate of drug-likeness (QED) is 0.0500. The van der Waals surface area contributed by atoms with Crippen molar-refractivity contribution in [2.75, 3.05) is 32.6 Å². The van der Waals surface area contributed by atoms with Crippen molar-refractivity contribution < 1.29 is 44.9 Å². The van der Waals surface area contributed by atoms with Gasteiger partial charge in [-0.2, -0.15) is 0 Å². The second-order valence-electron chi connectivity index (χ2n) is 18.7. The number of pyridine rings is 1. The number of aromatic hydroxyl groups is 4. The molecule has 8 rings (SSSR count). The summed E-state index contributed by atoms with van der Waals surface area (Å²) in [7, 11) is 3.35. The molecule has 0 amide bonds.